The number of carbonyl (C=O) groups excluding carboxylic acids is 2. The maximum absolute atomic E-state index is 13.5. The Morgan fingerprint density at radius 2 is 1.94 bits per heavy atom. The van der Waals surface area contributed by atoms with Gasteiger partial charge in [-0.15, -0.1) is 0 Å². The monoisotopic (exact) mass is 444 g/mol. The first-order chi connectivity index (χ1) is 14.6. The molecule has 2 aliphatic rings. The van der Waals surface area contributed by atoms with Gasteiger partial charge in [0, 0.05) is 16.6 Å². The molecule has 0 bridgehead atoms. The summed E-state index contributed by atoms with van der Waals surface area (Å²) in [6.07, 6.45) is 0. The van der Waals surface area contributed by atoms with Gasteiger partial charge in [0.25, 0.3) is 0 Å². The van der Waals surface area contributed by atoms with Crippen LogP contribution in [0.3, 0.4) is 0 Å². The maximum atomic E-state index is 13.5. The lowest BCUT2D eigenvalue weighted by Gasteiger charge is -2.27. The van der Waals surface area contributed by atoms with E-state index in [1.54, 1.807) is 37.3 Å². The zero-order valence-corrected chi connectivity index (χ0v) is 17.8. The minimum Gasteiger partial charge on any atom is -0.504 e. The number of para-hydroxylation sites is 1. The number of aliphatic carboxylic acids is 1. The number of benzene rings is 2. The van der Waals surface area contributed by atoms with Gasteiger partial charge in [-0.25, -0.2) is 4.90 Å². The summed E-state index contributed by atoms with van der Waals surface area (Å²) in [6, 6.07) is 8.63. The van der Waals surface area contributed by atoms with Crippen LogP contribution in [0, 0.1) is 18.8 Å². The molecule has 0 aliphatic carbocycles. The molecule has 3 N–H and O–H groups in total. The van der Waals surface area contributed by atoms with Crippen molar-refractivity contribution in [3.05, 3.63) is 52.5 Å². The predicted molar refractivity (Wildman–Crippen MR) is 112 cm³/mol. The van der Waals surface area contributed by atoms with Gasteiger partial charge < -0.3 is 14.9 Å². The number of anilines is 1. The highest BCUT2D eigenvalue weighted by Crippen LogP contribution is 2.52. The number of ether oxygens (including phenoxy) is 1. The Labute approximate surface area is 183 Å². The molecule has 2 saturated heterocycles. The van der Waals surface area contributed by atoms with Crippen LogP contribution in [0.5, 0.6) is 11.5 Å². The van der Waals surface area contributed by atoms with E-state index in [4.69, 9.17) is 16.3 Å². The summed E-state index contributed by atoms with van der Waals surface area (Å²) >= 11 is 6.19. The number of hydrogen-bond acceptors (Lipinski definition) is 6. The number of phenolic OH excluding ortho intramolecular Hbond substituents is 1. The van der Waals surface area contributed by atoms with Crippen molar-refractivity contribution in [3.63, 3.8) is 0 Å². The summed E-state index contributed by atoms with van der Waals surface area (Å²) in [7, 11) is 1.39. The Balaban J connectivity index is 1.86. The smallest absolute Gasteiger partial charge is 0.324 e. The highest BCUT2D eigenvalue weighted by Gasteiger charge is 2.67. The minimum absolute atomic E-state index is 0.179. The topological polar surface area (TPSA) is 116 Å². The fourth-order valence-corrected chi connectivity index (χ4v) is 4.71. The number of carboxylic acid groups (broad SMARTS) is 1. The van der Waals surface area contributed by atoms with E-state index < -0.39 is 41.2 Å². The summed E-state index contributed by atoms with van der Waals surface area (Å²) in [5.41, 5.74) is -0.382. The lowest BCUT2D eigenvalue weighted by atomic mass is 9.80. The zero-order valence-electron chi connectivity index (χ0n) is 17.0. The molecular weight excluding hydrogens is 424 g/mol. The number of aromatic hydroxyl groups is 1. The summed E-state index contributed by atoms with van der Waals surface area (Å²) in [6.45, 7) is 3.17. The largest absolute Gasteiger partial charge is 0.504 e. The second kappa shape index (κ2) is 7.25. The van der Waals surface area contributed by atoms with Crippen LogP contribution in [0.25, 0.3) is 0 Å². The fourth-order valence-electron chi connectivity index (χ4n) is 4.53. The summed E-state index contributed by atoms with van der Waals surface area (Å²) in [5, 5.41) is 23.9. The molecule has 0 aromatic heterocycles. The van der Waals surface area contributed by atoms with Gasteiger partial charge in [0.05, 0.1) is 24.6 Å². The van der Waals surface area contributed by atoms with E-state index in [9.17, 15) is 24.6 Å². The van der Waals surface area contributed by atoms with E-state index in [1.165, 1.54) is 20.1 Å². The third kappa shape index (κ3) is 2.97. The quantitative estimate of drug-likeness (QED) is 0.621. The summed E-state index contributed by atoms with van der Waals surface area (Å²) in [4.78, 5) is 40.0. The van der Waals surface area contributed by atoms with Crippen LogP contribution >= 0.6 is 11.6 Å². The molecule has 2 heterocycles. The van der Waals surface area contributed by atoms with Gasteiger partial charge in [0.15, 0.2) is 11.5 Å². The van der Waals surface area contributed by atoms with Crippen LogP contribution in [0.2, 0.25) is 5.02 Å². The van der Waals surface area contributed by atoms with Crippen LogP contribution in [-0.4, -0.2) is 40.6 Å². The molecule has 9 heteroatoms. The van der Waals surface area contributed by atoms with Crippen molar-refractivity contribution in [2.24, 2.45) is 11.8 Å². The van der Waals surface area contributed by atoms with Crippen molar-refractivity contribution in [2.45, 2.75) is 25.4 Å². The number of phenols is 1. The Bertz CT molecular complexity index is 1120. The highest BCUT2D eigenvalue weighted by molar-refractivity contribution is 6.32. The first-order valence-electron chi connectivity index (χ1n) is 9.62. The van der Waals surface area contributed by atoms with Crippen molar-refractivity contribution in [1.82, 2.24) is 5.32 Å². The lowest BCUT2D eigenvalue weighted by Crippen LogP contribution is -2.53. The van der Waals surface area contributed by atoms with E-state index in [-0.39, 0.29) is 22.7 Å². The van der Waals surface area contributed by atoms with E-state index in [2.05, 4.69) is 5.32 Å². The highest BCUT2D eigenvalue weighted by atomic mass is 35.5. The van der Waals surface area contributed by atoms with Crippen LogP contribution in [0.15, 0.2) is 36.4 Å². The van der Waals surface area contributed by atoms with Gasteiger partial charge in [-0.1, -0.05) is 29.8 Å². The Morgan fingerprint density at radius 3 is 2.55 bits per heavy atom. The molecule has 4 rings (SSSR count). The Hall–Kier alpha value is -3.10. The molecule has 0 saturated carbocycles. The average Bonchev–Trinajstić information content (AvgIpc) is 3.18. The van der Waals surface area contributed by atoms with Crippen molar-refractivity contribution in [1.29, 1.82) is 0 Å². The number of hydrogen-bond donors (Lipinski definition) is 3. The van der Waals surface area contributed by atoms with Crippen LogP contribution in [0.1, 0.15) is 24.1 Å². The SMILES string of the molecule is COc1cccc(C2NC(C)(C(=O)O)C3C(=O)N(c4ccc(C)c(Cl)c4)C(=O)C23)c1O. The van der Waals surface area contributed by atoms with E-state index in [0.717, 1.165) is 10.5 Å². The number of fused-ring (bicyclic) bond motifs is 1. The molecule has 4 atom stereocenters. The van der Waals surface area contributed by atoms with E-state index >= 15 is 0 Å². The average molecular weight is 445 g/mol. The molecule has 2 aliphatic heterocycles. The zero-order chi connectivity index (χ0) is 22.7. The van der Waals surface area contributed by atoms with Crippen molar-refractivity contribution < 1.29 is 29.3 Å². The van der Waals surface area contributed by atoms with Crippen molar-refractivity contribution in [3.8, 4) is 11.5 Å². The van der Waals surface area contributed by atoms with Gasteiger partial charge in [-0.2, -0.15) is 0 Å². The van der Waals surface area contributed by atoms with Crippen molar-refractivity contribution >= 4 is 35.1 Å². The molecule has 162 valence electrons. The molecule has 2 amide bonds. The van der Waals surface area contributed by atoms with Crippen LogP contribution < -0.4 is 15.0 Å². The number of methoxy groups -OCH3 is 1. The van der Waals surface area contributed by atoms with E-state index in [0.29, 0.717) is 5.02 Å². The molecule has 8 nitrogen and oxygen atoms in total. The predicted octanol–water partition coefficient (Wildman–Crippen LogP) is 2.66. The first kappa shape index (κ1) is 21.1. The summed E-state index contributed by atoms with van der Waals surface area (Å²) in [5.74, 6) is -4.69. The molecule has 2 aromatic rings. The third-order valence-electron chi connectivity index (χ3n) is 6.23. The molecule has 31 heavy (non-hydrogen) atoms. The number of halogens is 1. The molecular formula is C22H21ClN2O6. The Morgan fingerprint density at radius 1 is 1.23 bits per heavy atom. The third-order valence-corrected chi connectivity index (χ3v) is 6.64. The Kier molecular flexibility index (Phi) is 4.94. The van der Waals surface area contributed by atoms with Crippen molar-refractivity contribution in [2.75, 3.05) is 12.0 Å². The summed E-state index contributed by atoms with van der Waals surface area (Å²) < 4.78 is 5.15. The fraction of sp³-hybridized carbons (Fsp3) is 0.318. The first-order valence-corrected chi connectivity index (χ1v) is 10.0. The molecule has 2 aromatic carbocycles. The number of nitrogens with zero attached hydrogens (tertiary/aromatic N) is 1. The number of amides is 2. The van der Waals surface area contributed by atoms with Gasteiger partial charge in [-0.3, -0.25) is 19.7 Å². The van der Waals surface area contributed by atoms with Crippen LogP contribution in [0.4, 0.5) is 5.69 Å². The van der Waals surface area contributed by atoms with Gasteiger partial charge >= 0.3 is 5.97 Å². The number of carboxylic acids is 1. The van der Waals surface area contributed by atoms with Gasteiger partial charge in [0.1, 0.15) is 5.54 Å². The maximum Gasteiger partial charge on any atom is 0.324 e. The molecule has 0 radical (unpaired) electrons. The number of aryl methyl sites for hydroxylation is 1. The standard InChI is InChI=1S/C22H21ClN2O6/c1-10-7-8-11(9-13(10)23)25-19(27)15-16(20(25)28)22(2,21(29)30)24-17(15)12-5-4-6-14(31-3)18(12)26/h4-9,15-17,24,26H,1-3H3,(H,29,30). The van der Waals surface area contributed by atoms with E-state index in [1.807, 2.05) is 0 Å². The second-order valence-electron chi connectivity index (χ2n) is 7.98. The van der Waals surface area contributed by atoms with Gasteiger partial charge in [-0.05, 0) is 37.6 Å². The number of nitrogens with one attached hydrogen (secondary N) is 1. The molecule has 2 fully saturated rings. The number of rotatable bonds is 4. The normalized spacial score (nSPS) is 27.5. The number of carbonyl (C=O) groups is 3. The lowest BCUT2D eigenvalue weighted by molar-refractivity contribution is -0.147. The molecule has 0 spiro atoms. The minimum atomic E-state index is -1.72. The van der Waals surface area contributed by atoms with Crippen LogP contribution in [-0.2, 0) is 14.4 Å². The molecule has 4 unspecified atom stereocenters. The second-order valence-corrected chi connectivity index (χ2v) is 8.38. The number of imide groups is 1. The van der Waals surface area contributed by atoms with Gasteiger partial charge in [0.2, 0.25) is 11.8 Å².